The van der Waals surface area contributed by atoms with Crippen molar-refractivity contribution in [2.24, 2.45) is 0 Å². The third-order valence-corrected chi connectivity index (χ3v) is 3.66. The van der Waals surface area contributed by atoms with E-state index in [9.17, 15) is 9.59 Å². The minimum atomic E-state index is -0.755. The van der Waals surface area contributed by atoms with Gasteiger partial charge in [-0.05, 0) is 12.1 Å². The van der Waals surface area contributed by atoms with Crippen LogP contribution in [0.5, 0.6) is 0 Å². The number of nitrogens with zero attached hydrogens (tertiary/aromatic N) is 1. The quantitative estimate of drug-likeness (QED) is 0.761. The van der Waals surface area contributed by atoms with Crippen LogP contribution in [0.4, 0.5) is 0 Å². The van der Waals surface area contributed by atoms with Crippen molar-refractivity contribution in [3.8, 4) is 0 Å². The minimum absolute atomic E-state index is 0.129. The van der Waals surface area contributed by atoms with Gasteiger partial charge in [0, 0.05) is 6.42 Å². The first-order chi connectivity index (χ1) is 9.24. The highest BCUT2D eigenvalue weighted by Gasteiger charge is 2.45. The van der Waals surface area contributed by atoms with Crippen LogP contribution in [0.25, 0.3) is 11.1 Å². The van der Waals surface area contributed by atoms with Crippen LogP contribution in [0.15, 0.2) is 33.5 Å². The highest BCUT2D eigenvalue weighted by Crippen LogP contribution is 2.33. The third-order valence-electron chi connectivity index (χ3n) is 3.66. The van der Waals surface area contributed by atoms with Crippen LogP contribution >= 0.6 is 0 Å². The van der Waals surface area contributed by atoms with Gasteiger partial charge >= 0.3 is 5.76 Å². The predicted molar refractivity (Wildman–Crippen MR) is 63.7 cm³/mol. The summed E-state index contributed by atoms with van der Waals surface area (Å²) in [4.78, 5) is 23.8. The maximum atomic E-state index is 12.0. The van der Waals surface area contributed by atoms with Crippen molar-refractivity contribution in [3.05, 3.63) is 34.8 Å². The van der Waals surface area contributed by atoms with E-state index in [1.165, 1.54) is 4.57 Å². The second kappa shape index (κ2) is 3.79. The Morgan fingerprint density at radius 3 is 2.95 bits per heavy atom. The van der Waals surface area contributed by atoms with Crippen molar-refractivity contribution in [3.63, 3.8) is 0 Å². The number of aromatic nitrogens is 1. The number of carbonyl (C=O) groups is 1. The van der Waals surface area contributed by atoms with E-state index in [4.69, 9.17) is 13.9 Å². The maximum Gasteiger partial charge on any atom is 0.420 e. The molecule has 1 aromatic heterocycles. The molecule has 4 rings (SSSR count). The van der Waals surface area contributed by atoms with E-state index >= 15 is 0 Å². The number of carbonyl (C=O) groups excluding carboxylic acids is 1. The van der Waals surface area contributed by atoms with Crippen molar-refractivity contribution in [2.45, 2.75) is 24.9 Å². The van der Waals surface area contributed by atoms with E-state index in [0.717, 1.165) is 0 Å². The molecule has 0 saturated carbocycles. The summed E-state index contributed by atoms with van der Waals surface area (Å²) >= 11 is 0. The van der Waals surface area contributed by atoms with Gasteiger partial charge in [-0.1, -0.05) is 12.1 Å². The monoisotopic (exact) mass is 261 g/mol. The summed E-state index contributed by atoms with van der Waals surface area (Å²) < 4.78 is 17.4. The lowest BCUT2D eigenvalue weighted by Gasteiger charge is -2.26. The van der Waals surface area contributed by atoms with Crippen LogP contribution in [-0.2, 0) is 14.3 Å². The van der Waals surface area contributed by atoms with Gasteiger partial charge < -0.3 is 13.9 Å². The van der Waals surface area contributed by atoms with Gasteiger partial charge in [0.2, 0.25) is 6.29 Å². The number of ether oxygens (including phenoxy) is 2. The van der Waals surface area contributed by atoms with E-state index < -0.39 is 12.0 Å². The maximum absolute atomic E-state index is 12.0. The zero-order chi connectivity index (χ0) is 13.0. The lowest BCUT2D eigenvalue weighted by atomic mass is 10.0. The Balaban J connectivity index is 1.88. The minimum Gasteiger partial charge on any atom is -0.408 e. The molecule has 0 spiro atoms. The lowest BCUT2D eigenvalue weighted by molar-refractivity contribution is -0.156. The summed E-state index contributed by atoms with van der Waals surface area (Å²) in [5.74, 6) is -0.594. The number of rotatable bonds is 1. The van der Waals surface area contributed by atoms with Gasteiger partial charge in [0.1, 0.15) is 6.10 Å². The molecule has 0 unspecified atom stereocenters. The molecule has 2 fully saturated rings. The fourth-order valence-corrected chi connectivity index (χ4v) is 2.78. The number of para-hydroxylation sites is 2. The van der Waals surface area contributed by atoms with E-state index in [-0.39, 0.29) is 24.3 Å². The van der Waals surface area contributed by atoms with Crippen molar-refractivity contribution in [1.29, 1.82) is 0 Å². The molecule has 0 radical (unpaired) electrons. The van der Waals surface area contributed by atoms with Crippen LogP contribution in [0.1, 0.15) is 12.5 Å². The smallest absolute Gasteiger partial charge is 0.408 e. The standard InChI is InChI=1S/C13H11NO5/c15-9-5-8(11-6-17-12(9)18-11)14-7-3-1-2-4-10(7)19-13(14)16/h1-4,8,11-12H,5-6H2/t8-,11+,12-/m0/s1. The van der Waals surface area contributed by atoms with Crippen LogP contribution in [0, 0.1) is 0 Å². The summed E-state index contributed by atoms with van der Waals surface area (Å²) in [5.41, 5.74) is 1.19. The molecule has 0 N–H and O–H groups in total. The molecule has 6 nitrogen and oxygen atoms in total. The second-order valence-electron chi connectivity index (χ2n) is 4.78. The highest BCUT2D eigenvalue weighted by atomic mass is 16.7. The summed E-state index contributed by atoms with van der Waals surface area (Å²) in [6.07, 6.45) is -0.796. The molecule has 19 heavy (non-hydrogen) atoms. The first-order valence-electron chi connectivity index (χ1n) is 6.14. The zero-order valence-electron chi connectivity index (χ0n) is 9.94. The first kappa shape index (κ1) is 11.0. The Kier molecular flexibility index (Phi) is 2.18. The highest BCUT2D eigenvalue weighted by molar-refractivity contribution is 5.84. The van der Waals surface area contributed by atoms with Gasteiger partial charge in [0.15, 0.2) is 11.4 Å². The van der Waals surface area contributed by atoms with Gasteiger partial charge in [-0.2, -0.15) is 0 Å². The van der Waals surface area contributed by atoms with Crippen LogP contribution in [0.2, 0.25) is 0 Å². The molecule has 2 saturated heterocycles. The van der Waals surface area contributed by atoms with Crippen molar-refractivity contribution in [2.75, 3.05) is 6.61 Å². The van der Waals surface area contributed by atoms with Gasteiger partial charge in [-0.15, -0.1) is 0 Å². The zero-order valence-corrected chi connectivity index (χ0v) is 9.94. The molecular weight excluding hydrogens is 250 g/mol. The predicted octanol–water partition coefficient (Wildman–Crippen LogP) is 0.850. The first-order valence-corrected chi connectivity index (χ1v) is 6.14. The molecule has 2 aliphatic rings. The van der Waals surface area contributed by atoms with Gasteiger partial charge in [-0.25, -0.2) is 4.79 Å². The summed E-state index contributed by atoms with van der Waals surface area (Å²) in [6, 6.07) is 6.79. The van der Waals surface area contributed by atoms with E-state index in [1.807, 2.05) is 6.07 Å². The summed E-state index contributed by atoms with van der Waals surface area (Å²) in [7, 11) is 0. The number of oxazole rings is 1. The molecule has 1 aromatic carbocycles. The van der Waals surface area contributed by atoms with Crippen molar-refractivity contribution >= 4 is 16.9 Å². The van der Waals surface area contributed by atoms with Crippen molar-refractivity contribution < 1.29 is 18.7 Å². The molecular formula is C13H11NO5. The Bertz CT molecular complexity index is 715. The molecule has 98 valence electrons. The molecule has 3 heterocycles. The molecule has 0 amide bonds. The molecule has 2 bridgehead atoms. The van der Waals surface area contributed by atoms with Crippen molar-refractivity contribution in [1.82, 2.24) is 4.57 Å². The Labute approximate surface area is 107 Å². The number of hydrogen-bond donors (Lipinski definition) is 0. The molecule has 2 aromatic rings. The Hall–Kier alpha value is -1.92. The van der Waals surface area contributed by atoms with Crippen LogP contribution < -0.4 is 5.76 Å². The summed E-state index contributed by atoms with van der Waals surface area (Å²) in [6.45, 7) is 0.326. The number of hydrogen-bond acceptors (Lipinski definition) is 5. The lowest BCUT2D eigenvalue weighted by Crippen LogP contribution is -2.39. The number of ketones is 1. The normalized spacial score (nSPS) is 30.1. The van der Waals surface area contributed by atoms with E-state index in [2.05, 4.69) is 0 Å². The largest absolute Gasteiger partial charge is 0.420 e. The van der Waals surface area contributed by atoms with E-state index in [0.29, 0.717) is 17.7 Å². The Morgan fingerprint density at radius 2 is 2.05 bits per heavy atom. The molecule has 6 heteroatoms. The number of fused-ring (bicyclic) bond motifs is 3. The fraction of sp³-hybridized carbons (Fsp3) is 0.385. The molecule has 3 atom stereocenters. The fourth-order valence-electron chi connectivity index (χ4n) is 2.78. The SMILES string of the molecule is O=C1C[C@H](n2c(=O)oc3ccccc32)[C@H]2CO[C@H]1O2. The number of Topliss-reactive ketones (excluding diaryl/α,β-unsaturated/α-hetero) is 1. The second-order valence-corrected chi connectivity index (χ2v) is 4.78. The average molecular weight is 261 g/mol. The topological polar surface area (TPSA) is 70.7 Å². The molecule has 0 aliphatic carbocycles. The third kappa shape index (κ3) is 1.50. The Morgan fingerprint density at radius 1 is 1.21 bits per heavy atom. The van der Waals surface area contributed by atoms with Gasteiger partial charge in [-0.3, -0.25) is 9.36 Å². The van der Waals surface area contributed by atoms with E-state index in [1.54, 1.807) is 18.2 Å². The summed E-state index contributed by atoms with van der Waals surface area (Å²) in [5, 5.41) is 0. The molecule has 2 aliphatic heterocycles. The number of benzene rings is 1. The van der Waals surface area contributed by atoms with Gasteiger partial charge in [0.05, 0.1) is 18.2 Å². The van der Waals surface area contributed by atoms with Gasteiger partial charge in [0.25, 0.3) is 0 Å². The van der Waals surface area contributed by atoms with Crippen LogP contribution in [0.3, 0.4) is 0 Å². The average Bonchev–Trinajstić information content (AvgIpc) is 2.96. The van der Waals surface area contributed by atoms with Crippen LogP contribution in [-0.4, -0.2) is 29.4 Å².